The fraction of sp³-hybridized carbons (Fsp3) is 0.300. The number of fused-ring (bicyclic) bond motifs is 1. The van der Waals surface area contributed by atoms with E-state index in [9.17, 15) is 0 Å². The van der Waals surface area contributed by atoms with E-state index in [1.54, 1.807) is 18.4 Å². The van der Waals surface area contributed by atoms with Crippen LogP contribution in [0.5, 0.6) is 5.75 Å². The molecule has 1 heterocycles. The molecular formula is C10H12N2OS. The van der Waals surface area contributed by atoms with Crippen molar-refractivity contribution in [3.63, 3.8) is 0 Å². The van der Waals surface area contributed by atoms with Crippen molar-refractivity contribution in [2.24, 2.45) is 0 Å². The van der Waals surface area contributed by atoms with Gasteiger partial charge in [-0.05, 0) is 24.6 Å². The number of hydrogen-bond acceptors (Lipinski definition) is 4. The second kappa shape index (κ2) is 3.46. The Balaban J connectivity index is 2.64. The third-order valence-corrected chi connectivity index (χ3v) is 3.15. The van der Waals surface area contributed by atoms with Gasteiger partial charge < -0.3 is 10.1 Å². The van der Waals surface area contributed by atoms with E-state index in [1.807, 2.05) is 26.1 Å². The Hall–Kier alpha value is -1.29. The summed E-state index contributed by atoms with van der Waals surface area (Å²) in [6.45, 7) is 2.02. The molecular weight excluding hydrogens is 196 g/mol. The normalized spacial score (nSPS) is 10.5. The van der Waals surface area contributed by atoms with Gasteiger partial charge in [-0.2, -0.15) is 0 Å². The minimum atomic E-state index is 0.920. The van der Waals surface area contributed by atoms with Gasteiger partial charge in [0.05, 0.1) is 17.3 Å². The smallest absolute Gasteiger partial charge is 0.183 e. The lowest BCUT2D eigenvalue weighted by Crippen LogP contribution is -1.86. The maximum Gasteiger partial charge on any atom is 0.183 e. The topological polar surface area (TPSA) is 34.2 Å². The van der Waals surface area contributed by atoms with Crippen molar-refractivity contribution in [3.05, 3.63) is 17.7 Å². The number of methoxy groups -OCH3 is 1. The average molecular weight is 208 g/mol. The van der Waals surface area contributed by atoms with Crippen molar-refractivity contribution in [2.75, 3.05) is 19.5 Å². The van der Waals surface area contributed by atoms with Crippen LogP contribution in [0.15, 0.2) is 12.1 Å². The Morgan fingerprint density at radius 3 is 2.86 bits per heavy atom. The molecule has 0 aliphatic carbocycles. The van der Waals surface area contributed by atoms with Gasteiger partial charge in [0.15, 0.2) is 5.13 Å². The molecule has 0 bridgehead atoms. The van der Waals surface area contributed by atoms with Crippen molar-refractivity contribution in [3.8, 4) is 5.75 Å². The van der Waals surface area contributed by atoms with Gasteiger partial charge in [0.2, 0.25) is 0 Å². The quantitative estimate of drug-likeness (QED) is 0.823. The minimum absolute atomic E-state index is 0.920. The number of ether oxygens (including phenoxy) is 1. The molecule has 74 valence electrons. The van der Waals surface area contributed by atoms with Gasteiger partial charge in [-0.15, -0.1) is 0 Å². The molecule has 2 rings (SSSR count). The largest absolute Gasteiger partial charge is 0.496 e. The summed E-state index contributed by atoms with van der Waals surface area (Å²) < 4.78 is 6.40. The number of rotatable bonds is 2. The summed E-state index contributed by atoms with van der Waals surface area (Å²) >= 11 is 1.63. The summed E-state index contributed by atoms with van der Waals surface area (Å²) in [4.78, 5) is 4.42. The van der Waals surface area contributed by atoms with E-state index in [1.165, 1.54) is 0 Å². The van der Waals surface area contributed by atoms with Crippen LogP contribution in [0.2, 0.25) is 0 Å². The Morgan fingerprint density at radius 2 is 2.21 bits per heavy atom. The summed E-state index contributed by atoms with van der Waals surface area (Å²) in [7, 11) is 3.57. The van der Waals surface area contributed by atoms with Crippen LogP contribution in [0, 0.1) is 6.92 Å². The minimum Gasteiger partial charge on any atom is -0.496 e. The van der Waals surface area contributed by atoms with Gasteiger partial charge in [0.25, 0.3) is 0 Å². The molecule has 0 amide bonds. The Labute approximate surface area is 86.7 Å². The highest BCUT2D eigenvalue weighted by atomic mass is 32.1. The fourth-order valence-electron chi connectivity index (χ4n) is 1.39. The number of benzene rings is 1. The van der Waals surface area contributed by atoms with Crippen molar-refractivity contribution >= 4 is 26.7 Å². The zero-order valence-corrected chi connectivity index (χ0v) is 9.23. The van der Waals surface area contributed by atoms with E-state index >= 15 is 0 Å². The van der Waals surface area contributed by atoms with Crippen molar-refractivity contribution < 1.29 is 4.74 Å². The summed E-state index contributed by atoms with van der Waals surface area (Å²) in [5.41, 5.74) is 2.14. The lowest BCUT2D eigenvalue weighted by molar-refractivity contribution is 0.412. The molecule has 0 atom stereocenters. The molecule has 0 saturated carbocycles. The van der Waals surface area contributed by atoms with Crippen LogP contribution >= 0.6 is 11.3 Å². The molecule has 0 fully saturated rings. The second-order valence-electron chi connectivity index (χ2n) is 3.06. The number of thiazole rings is 1. The predicted molar refractivity (Wildman–Crippen MR) is 60.5 cm³/mol. The van der Waals surface area contributed by atoms with Crippen molar-refractivity contribution in [1.29, 1.82) is 0 Å². The standard InChI is InChI=1S/C10H12N2OS/c1-6-4-7-9(5-8(6)13-3)14-10(11-2)12-7/h4-5H,1-3H3,(H,11,12). The van der Waals surface area contributed by atoms with Gasteiger partial charge in [0.1, 0.15) is 5.75 Å². The average Bonchev–Trinajstić information content (AvgIpc) is 2.58. The van der Waals surface area contributed by atoms with Gasteiger partial charge in [-0.1, -0.05) is 11.3 Å². The summed E-state index contributed by atoms with van der Waals surface area (Å²) in [6.07, 6.45) is 0. The van der Waals surface area contributed by atoms with Gasteiger partial charge in [-0.25, -0.2) is 4.98 Å². The van der Waals surface area contributed by atoms with E-state index in [2.05, 4.69) is 10.3 Å². The molecule has 2 aromatic rings. The van der Waals surface area contributed by atoms with E-state index in [4.69, 9.17) is 4.74 Å². The third kappa shape index (κ3) is 1.42. The Bertz CT molecular complexity index is 464. The summed E-state index contributed by atoms with van der Waals surface area (Å²) in [6, 6.07) is 4.08. The van der Waals surface area contributed by atoms with Crippen LogP contribution in [0.25, 0.3) is 10.2 Å². The van der Waals surface area contributed by atoms with Crippen LogP contribution in [0.3, 0.4) is 0 Å². The van der Waals surface area contributed by atoms with Crippen LogP contribution < -0.4 is 10.1 Å². The Morgan fingerprint density at radius 1 is 1.43 bits per heavy atom. The predicted octanol–water partition coefficient (Wildman–Crippen LogP) is 2.66. The van der Waals surface area contributed by atoms with Gasteiger partial charge in [-0.3, -0.25) is 0 Å². The molecule has 0 spiro atoms. The van der Waals surface area contributed by atoms with Crippen molar-refractivity contribution in [1.82, 2.24) is 4.98 Å². The molecule has 1 N–H and O–H groups in total. The molecule has 1 aromatic carbocycles. The number of hydrogen-bond donors (Lipinski definition) is 1. The summed E-state index contributed by atoms with van der Waals surface area (Å²) in [5, 5.41) is 3.98. The maximum absolute atomic E-state index is 5.25. The first-order chi connectivity index (χ1) is 6.74. The number of aryl methyl sites for hydroxylation is 1. The van der Waals surface area contributed by atoms with Gasteiger partial charge >= 0.3 is 0 Å². The van der Waals surface area contributed by atoms with Crippen LogP contribution in [0.1, 0.15) is 5.56 Å². The molecule has 3 nitrogen and oxygen atoms in total. The molecule has 14 heavy (non-hydrogen) atoms. The second-order valence-corrected chi connectivity index (χ2v) is 4.09. The first-order valence-corrected chi connectivity index (χ1v) is 5.19. The molecule has 0 unspecified atom stereocenters. The van der Waals surface area contributed by atoms with E-state index in [0.29, 0.717) is 0 Å². The van der Waals surface area contributed by atoms with Crippen LogP contribution in [0.4, 0.5) is 5.13 Å². The highest BCUT2D eigenvalue weighted by Gasteiger charge is 2.06. The van der Waals surface area contributed by atoms with Gasteiger partial charge in [0, 0.05) is 7.05 Å². The van der Waals surface area contributed by atoms with Crippen molar-refractivity contribution in [2.45, 2.75) is 6.92 Å². The maximum atomic E-state index is 5.25. The van der Waals surface area contributed by atoms with E-state index < -0.39 is 0 Å². The Kier molecular flexibility index (Phi) is 2.29. The first-order valence-electron chi connectivity index (χ1n) is 4.37. The fourth-order valence-corrected chi connectivity index (χ4v) is 2.22. The molecule has 0 aliphatic rings. The number of nitrogens with zero attached hydrogens (tertiary/aromatic N) is 1. The summed E-state index contributed by atoms with van der Waals surface area (Å²) in [5.74, 6) is 0.920. The molecule has 0 aliphatic heterocycles. The molecule has 1 aromatic heterocycles. The highest BCUT2D eigenvalue weighted by molar-refractivity contribution is 7.22. The molecule has 0 saturated heterocycles. The highest BCUT2D eigenvalue weighted by Crippen LogP contribution is 2.31. The van der Waals surface area contributed by atoms with E-state index in [-0.39, 0.29) is 0 Å². The number of anilines is 1. The number of aromatic nitrogens is 1. The molecule has 0 radical (unpaired) electrons. The lowest BCUT2D eigenvalue weighted by Gasteiger charge is -2.02. The number of nitrogens with one attached hydrogen (secondary N) is 1. The van der Waals surface area contributed by atoms with Crippen LogP contribution in [-0.2, 0) is 0 Å². The monoisotopic (exact) mass is 208 g/mol. The third-order valence-electron chi connectivity index (χ3n) is 2.12. The first kappa shape index (κ1) is 9.27. The van der Waals surface area contributed by atoms with E-state index in [0.717, 1.165) is 26.7 Å². The lowest BCUT2D eigenvalue weighted by atomic mass is 10.2. The zero-order chi connectivity index (χ0) is 10.1. The molecule has 4 heteroatoms. The SMILES string of the molecule is CNc1nc2cc(C)c(OC)cc2s1. The zero-order valence-electron chi connectivity index (χ0n) is 8.42. The van der Waals surface area contributed by atoms with Crippen LogP contribution in [-0.4, -0.2) is 19.1 Å².